The lowest BCUT2D eigenvalue weighted by atomic mass is 9.94. The lowest BCUT2D eigenvalue weighted by Crippen LogP contribution is -2.00. The van der Waals surface area contributed by atoms with Gasteiger partial charge in [-0.25, -0.2) is 24.9 Å². The molecule has 49 heavy (non-hydrogen) atoms. The van der Waals surface area contributed by atoms with Crippen LogP contribution < -0.4 is 0 Å². The molecule has 0 fully saturated rings. The van der Waals surface area contributed by atoms with Gasteiger partial charge in [0, 0.05) is 39.7 Å². The van der Waals surface area contributed by atoms with E-state index < -0.39 is 0 Å². The predicted molar refractivity (Wildman–Crippen MR) is 196 cm³/mol. The molecule has 0 amide bonds. The third kappa shape index (κ3) is 6.48. The number of benzene rings is 5. The van der Waals surface area contributed by atoms with E-state index in [9.17, 15) is 0 Å². The van der Waals surface area contributed by atoms with Crippen LogP contribution in [0.5, 0.6) is 0 Å². The summed E-state index contributed by atoms with van der Waals surface area (Å²) in [7, 11) is 0. The molecule has 8 rings (SSSR count). The molecule has 0 saturated heterocycles. The van der Waals surface area contributed by atoms with Gasteiger partial charge in [0.1, 0.15) is 6.33 Å². The van der Waals surface area contributed by atoms with Gasteiger partial charge < -0.3 is 0 Å². The zero-order valence-electron chi connectivity index (χ0n) is 26.8. The minimum absolute atomic E-state index is 0.606. The highest BCUT2D eigenvalue weighted by Crippen LogP contribution is 2.35. The molecule has 0 radical (unpaired) electrons. The molecular formula is C43H30N6. The molecule has 3 heterocycles. The molecule has 6 nitrogen and oxygen atoms in total. The summed E-state index contributed by atoms with van der Waals surface area (Å²) in [5, 5.41) is 0. The molecule has 0 bridgehead atoms. The fraction of sp³-hybridized carbons (Fsp3) is 0.0233. The van der Waals surface area contributed by atoms with Crippen molar-refractivity contribution < 1.29 is 0 Å². The van der Waals surface area contributed by atoms with Gasteiger partial charge in [-0.05, 0) is 65.6 Å². The standard InChI is InChI=1S/C43H30N6/c1-29-9-8-14-40(46-29)33-21-17-31(18-22-33)37-25-36(30-15-19-32(20-16-30)39-23-24-44-28-45-39)26-38(27-37)43-48-41(34-10-4-2-5-11-34)47-42(49-43)35-12-6-3-7-13-35/h2-28H,1H3. The zero-order valence-corrected chi connectivity index (χ0v) is 26.8. The quantitative estimate of drug-likeness (QED) is 0.174. The van der Waals surface area contributed by atoms with E-state index in [0.29, 0.717) is 17.5 Å². The van der Waals surface area contributed by atoms with Gasteiger partial charge in [-0.3, -0.25) is 4.98 Å². The van der Waals surface area contributed by atoms with Crippen LogP contribution in [0.3, 0.4) is 0 Å². The number of hydrogen-bond donors (Lipinski definition) is 0. The normalized spacial score (nSPS) is 11.0. The number of rotatable bonds is 7. The van der Waals surface area contributed by atoms with E-state index >= 15 is 0 Å². The fourth-order valence-corrected chi connectivity index (χ4v) is 5.86. The van der Waals surface area contributed by atoms with Gasteiger partial charge in [-0.1, -0.05) is 115 Å². The van der Waals surface area contributed by atoms with Crippen molar-refractivity contribution >= 4 is 0 Å². The smallest absolute Gasteiger partial charge is 0.164 e. The van der Waals surface area contributed by atoms with Gasteiger partial charge in [0.15, 0.2) is 17.5 Å². The third-order valence-electron chi connectivity index (χ3n) is 8.39. The van der Waals surface area contributed by atoms with Crippen molar-refractivity contribution in [3.05, 3.63) is 170 Å². The molecule has 0 unspecified atom stereocenters. The van der Waals surface area contributed by atoms with Crippen molar-refractivity contribution in [2.75, 3.05) is 0 Å². The third-order valence-corrected chi connectivity index (χ3v) is 8.39. The molecule has 5 aromatic carbocycles. The summed E-state index contributed by atoms with van der Waals surface area (Å²) in [4.78, 5) is 28.2. The topological polar surface area (TPSA) is 77.3 Å². The maximum absolute atomic E-state index is 5.04. The molecule has 0 N–H and O–H groups in total. The average molecular weight is 631 g/mol. The van der Waals surface area contributed by atoms with Crippen LogP contribution in [0, 0.1) is 6.92 Å². The molecule has 0 atom stereocenters. The lowest BCUT2D eigenvalue weighted by molar-refractivity contribution is 1.07. The Hall–Kier alpha value is -6.66. The van der Waals surface area contributed by atoms with Crippen molar-refractivity contribution in [2.24, 2.45) is 0 Å². The van der Waals surface area contributed by atoms with Gasteiger partial charge in [-0.15, -0.1) is 0 Å². The van der Waals surface area contributed by atoms with Crippen LogP contribution >= 0.6 is 0 Å². The summed E-state index contributed by atoms with van der Waals surface area (Å²) in [5.41, 5.74) is 11.9. The Morgan fingerprint density at radius 3 is 1.35 bits per heavy atom. The average Bonchev–Trinajstić information content (AvgIpc) is 3.19. The fourth-order valence-electron chi connectivity index (χ4n) is 5.86. The van der Waals surface area contributed by atoms with Crippen LogP contribution in [0.15, 0.2) is 164 Å². The van der Waals surface area contributed by atoms with Crippen LogP contribution in [0.1, 0.15) is 5.69 Å². The van der Waals surface area contributed by atoms with Gasteiger partial charge in [-0.2, -0.15) is 0 Å². The molecule has 232 valence electrons. The summed E-state index contributed by atoms with van der Waals surface area (Å²) in [6.45, 7) is 2.01. The number of nitrogens with zero attached hydrogens (tertiary/aromatic N) is 6. The Balaban J connectivity index is 1.27. The van der Waals surface area contributed by atoms with Crippen molar-refractivity contribution in [2.45, 2.75) is 6.92 Å². The molecule has 3 aromatic heterocycles. The van der Waals surface area contributed by atoms with Crippen molar-refractivity contribution in [3.8, 4) is 78.9 Å². The van der Waals surface area contributed by atoms with E-state index in [1.807, 2.05) is 91.9 Å². The van der Waals surface area contributed by atoms with E-state index in [4.69, 9.17) is 19.9 Å². The first-order valence-corrected chi connectivity index (χ1v) is 16.1. The van der Waals surface area contributed by atoms with Crippen molar-refractivity contribution in [1.29, 1.82) is 0 Å². The monoisotopic (exact) mass is 630 g/mol. The van der Waals surface area contributed by atoms with E-state index in [0.717, 1.165) is 67.2 Å². The number of aromatic nitrogens is 6. The van der Waals surface area contributed by atoms with E-state index in [1.165, 1.54) is 0 Å². The zero-order chi connectivity index (χ0) is 33.0. The van der Waals surface area contributed by atoms with Crippen LogP contribution in [-0.4, -0.2) is 29.9 Å². The maximum Gasteiger partial charge on any atom is 0.164 e. The highest BCUT2D eigenvalue weighted by Gasteiger charge is 2.15. The van der Waals surface area contributed by atoms with Crippen LogP contribution in [-0.2, 0) is 0 Å². The summed E-state index contributed by atoms with van der Waals surface area (Å²) in [6.07, 6.45) is 3.33. The van der Waals surface area contributed by atoms with E-state index in [2.05, 4.69) is 76.7 Å². The minimum atomic E-state index is 0.606. The van der Waals surface area contributed by atoms with Crippen LogP contribution in [0.25, 0.3) is 78.9 Å². The van der Waals surface area contributed by atoms with Crippen LogP contribution in [0.2, 0.25) is 0 Å². The summed E-state index contributed by atoms with van der Waals surface area (Å²) >= 11 is 0. The second-order valence-corrected chi connectivity index (χ2v) is 11.8. The van der Waals surface area contributed by atoms with E-state index in [1.54, 1.807) is 12.5 Å². The number of hydrogen-bond acceptors (Lipinski definition) is 6. The first-order chi connectivity index (χ1) is 24.2. The first kappa shape index (κ1) is 29.7. The predicted octanol–water partition coefficient (Wildman–Crippen LogP) is 10.0. The van der Waals surface area contributed by atoms with Gasteiger partial charge in [0.25, 0.3) is 0 Å². The molecular weight excluding hydrogens is 601 g/mol. The first-order valence-electron chi connectivity index (χ1n) is 16.1. The molecule has 0 aliphatic carbocycles. The largest absolute Gasteiger partial charge is 0.253 e. The maximum atomic E-state index is 5.04. The number of pyridine rings is 1. The summed E-state index contributed by atoms with van der Waals surface area (Å²) < 4.78 is 0. The molecule has 6 heteroatoms. The molecule has 0 spiro atoms. The van der Waals surface area contributed by atoms with E-state index in [-0.39, 0.29) is 0 Å². The van der Waals surface area contributed by atoms with Crippen molar-refractivity contribution in [3.63, 3.8) is 0 Å². The van der Waals surface area contributed by atoms with Gasteiger partial charge in [0.05, 0.1) is 11.4 Å². The molecule has 0 aliphatic rings. The SMILES string of the molecule is Cc1cccc(-c2ccc(-c3cc(-c4ccc(-c5ccncn5)cc4)cc(-c4nc(-c5ccccc5)nc(-c5ccccc5)n4)c3)cc2)n1. The lowest BCUT2D eigenvalue weighted by Gasteiger charge is -2.13. The Labute approximate surface area is 285 Å². The molecule has 0 aliphatic heterocycles. The molecule has 0 saturated carbocycles. The minimum Gasteiger partial charge on any atom is -0.253 e. The second kappa shape index (κ2) is 13.2. The van der Waals surface area contributed by atoms with Gasteiger partial charge >= 0.3 is 0 Å². The Bertz CT molecular complexity index is 2300. The number of aryl methyl sites for hydroxylation is 1. The Morgan fingerprint density at radius 2 is 0.837 bits per heavy atom. The van der Waals surface area contributed by atoms with Crippen molar-refractivity contribution in [1.82, 2.24) is 29.9 Å². The highest BCUT2D eigenvalue weighted by atomic mass is 15.0. The second-order valence-electron chi connectivity index (χ2n) is 11.8. The van der Waals surface area contributed by atoms with Gasteiger partial charge in [0.2, 0.25) is 0 Å². The van der Waals surface area contributed by atoms with Crippen LogP contribution in [0.4, 0.5) is 0 Å². The summed E-state index contributed by atoms with van der Waals surface area (Å²) in [6, 6.07) is 51.7. The Kier molecular flexibility index (Phi) is 8.02. The molecule has 8 aromatic rings. The Morgan fingerprint density at radius 1 is 0.347 bits per heavy atom. The summed E-state index contributed by atoms with van der Waals surface area (Å²) in [5.74, 6) is 1.86. The highest BCUT2D eigenvalue weighted by molar-refractivity contribution is 5.81.